The first-order valence-corrected chi connectivity index (χ1v) is 8.84. The van der Waals surface area contributed by atoms with Crippen molar-refractivity contribution in [2.75, 3.05) is 26.2 Å². The molecule has 6 nitrogen and oxygen atoms in total. The molecule has 3 saturated heterocycles. The van der Waals surface area contributed by atoms with Crippen LogP contribution in [0.4, 0.5) is 0 Å². The summed E-state index contributed by atoms with van der Waals surface area (Å²) in [5.41, 5.74) is -0.677. The highest BCUT2D eigenvalue weighted by Gasteiger charge is 2.47. The number of carbonyl (C=O) groups excluding carboxylic acids is 1. The number of nitrogens with zero attached hydrogens (tertiary/aromatic N) is 3. The van der Waals surface area contributed by atoms with Gasteiger partial charge in [0.25, 0.3) is 0 Å². The summed E-state index contributed by atoms with van der Waals surface area (Å²) in [6, 6.07) is 11.0. The van der Waals surface area contributed by atoms with Gasteiger partial charge < -0.3 is 9.84 Å². The van der Waals surface area contributed by atoms with Gasteiger partial charge in [-0.05, 0) is 43.5 Å². The van der Waals surface area contributed by atoms with E-state index in [2.05, 4.69) is 10.00 Å². The molecule has 4 heterocycles. The molecule has 0 spiro atoms. The van der Waals surface area contributed by atoms with Crippen LogP contribution >= 0.6 is 0 Å². The summed E-state index contributed by atoms with van der Waals surface area (Å²) in [6.45, 7) is 2.55. The molecule has 5 rings (SSSR count). The van der Waals surface area contributed by atoms with Crippen molar-refractivity contribution in [2.45, 2.75) is 24.5 Å². The summed E-state index contributed by atoms with van der Waals surface area (Å²) in [5.74, 6) is -0.0256. The molecular weight excluding hydrogens is 318 g/mol. The van der Waals surface area contributed by atoms with Gasteiger partial charge in [-0.15, -0.1) is 0 Å². The van der Waals surface area contributed by atoms with Crippen LogP contribution < -0.4 is 0 Å². The lowest BCUT2D eigenvalue weighted by Gasteiger charge is -2.45. The Morgan fingerprint density at radius 2 is 2.00 bits per heavy atom. The Morgan fingerprint density at radius 3 is 2.56 bits per heavy atom. The third kappa shape index (κ3) is 2.75. The number of esters is 1. The molecule has 2 atom stereocenters. The lowest BCUT2D eigenvalue weighted by Crippen LogP contribution is -2.55. The van der Waals surface area contributed by atoms with Crippen LogP contribution in [0.3, 0.4) is 0 Å². The molecule has 2 aromatic rings. The number of ether oxygens (including phenoxy) is 1. The fraction of sp³-hybridized carbons (Fsp3) is 0.474. The molecule has 0 amide bonds. The molecule has 1 aromatic heterocycles. The summed E-state index contributed by atoms with van der Waals surface area (Å²) in [5, 5.41) is 14.5. The number of fused-ring (bicyclic) bond motifs is 3. The maximum absolute atomic E-state index is 13.3. The van der Waals surface area contributed by atoms with E-state index in [-0.39, 0.29) is 6.10 Å². The Labute approximate surface area is 147 Å². The van der Waals surface area contributed by atoms with E-state index in [1.54, 1.807) is 18.5 Å². The Morgan fingerprint density at radius 1 is 1.24 bits per heavy atom. The first kappa shape index (κ1) is 16.3. The number of benzene rings is 1. The van der Waals surface area contributed by atoms with Gasteiger partial charge in [0.15, 0.2) is 0 Å². The number of piperidine rings is 3. The average Bonchev–Trinajstić information content (AvgIpc) is 3.20. The Balaban J connectivity index is 1.67. The van der Waals surface area contributed by atoms with Gasteiger partial charge in [0.2, 0.25) is 5.54 Å². The second-order valence-electron chi connectivity index (χ2n) is 6.92. The van der Waals surface area contributed by atoms with Gasteiger partial charge >= 0.3 is 5.97 Å². The van der Waals surface area contributed by atoms with Gasteiger partial charge in [-0.25, -0.2) is 9.48 Å². The quantitative estimate of drug-likeness (QED) is 0.829. The molecule has 3 aliphatic rings. The topological polar surface area (TPSA) is 67.6 Å². The summed E-state index contributed by atoms with van der Waals surface area (Å²) < 4.78 is 7.46. The minimum atomic E-state index is -1.35. The minimum Gasteiger partial charge on any atom is -0.459 e. The zero-order valence-electron chi connectivity index (χ0n) is 14.1. The molecule has 25 heavy (non-hydrogen) atoms. The van der Waals surface area contributed by atoms with Crippen LogP contribution in [0.25, 0.3) is 0 Å². The van der Waals surface area contributed by atoms with Gasteiger partial charge in [0.05, 0.1) is 6.61 Å². The molecule has 0 aliphatic carbocycles. The molecule has 1 aromatic carbocycles. The highest BCUT2D eigenvalue weighted by Crippen LogP contribution is 2.33. The van der Waals surface area contributed by atoms with E-state index in [9.17, 15) is 9.90 Å². The van der Waals surface area contributed by atoms with Gasteiger partial charge in [0, 0.05) is 18.9 Å². The van der Waals surface area contributed by atoms with E-state index in [0.717, 1.165) is 32.5 Å². The van der Waals surface area contributed by atoms with Crippen LogP contribution in [0, 0.1) is 5.92 Å². The van der Waals surface area contributed by atoms with Crippen molar-refractivity contribution in [3.8, 4) is 0 Å². The number of rotatable bonds is 5. The molecule has 3 aliphatic heterocycles. The van der Waals surface area contributed by atoms with E-state index >= 15 is 0 Å². The van der Waals surface area contributed by atoms with Crippen LogP contribution in [-0.2, 0) is 15.1 Å². The van der Waals surface area contributed by atoms with E-state index in [1.807, 2.05) is 30.3 Å². The van der Waals surface area contributed by atoms with Crippen LogP contribution in [0.15, 0.2) is 48.8 Å². The van der Waals surface area contributed by atoms with Crippen molar-refractivity contribution in [3.63, 3.8) is 0 Å². The maximum Gasteiger partial charge on any atom is 0.341 e. The van der Waals surface area contributed by atoms with E-state index in [1.165, 1.54) is 4.68 Å². The van der Waals surface area contributed by atoms with Crippen molar-refractivity contribution < 1.29 is 14.6 Å². The third-order valence-corrected chi connectivity index (χ3v) is 5.57. The molecule has 0 radical (unpaired) electrons. The summed E-state index contributed by atoms with van der Waals surface area (Å²) in [4.78, 5) is 15.6. The molecule has 6 heteroatoms. The van der Waals surface area contributed by atoms with E-state index < -0.39 is 18.1 Å². The normalized spacial score (nSPS) is 27.6. The number of aliphatic hydroxyl groups excluding tert-OH is 1. The molecule has 3 fully saturated rings. The lowest BCUT2D eigenvalue weighted by atomic mass is 9.85. The summed E-state index contributed by atoms with van der Waals surface area (Å²) in [6.07, 6.45) is 5.32. The zero-order chi connectivity index (χ0) is 17.3. The summed E-state index contributed by atoms with van der Waals surface area (Å²) in [7, 11) is 0. The van der Waals surface area contributed by atoms with Crippen LogP contribution in [0.2, 0.25) is 0 Å². The van der Waals surface area contributed by atoms with Gasteiger partial charge in [-0.1, -0.05) is 30.3 Å². The van der Waals surface area contributed by atoms with Gasteiger partial charge in [-0.3, -0.25) is 4.90 Å². The van der Waals surface area contributed by atoms with Crippen molar-refractivity contribution in [3.05, 3.63) is 54.4 Å². The standard InChI is InChI=1S/C19H23N3O3/c23-14-19(22-10-4-9-20-22,16-5-2-1-3-6-16)18(24)25-17-13-21-11-7-15(17)8-12-21/h1-6,9-10,15,17,23H,7-8,11-14H2. The molecule has 0 saturated carbocycles. The van der Waals surface area contributed by atoms with Gasteiger partial charge in [-0.2, -0.15) is 5.10 Å². The van der Waals surface area contributed by atoms with E-state index in [4.69, 9.17) is 4.74 Å². The number of carbonyl (C=O) groups is 1. The number of aliphatic hydroxyl groups is 1. The highest BCUT2D eigenvalue weighted by molar-refractivity contribution is 5.83. The first-order chi connectivity index (χ1) is 12.2. The lowest BCUT2D eigenvalue weighted by molar-refractivity contribution is -0.169. The van der Waals surface area contributed by atoms with E-state index in [0.29, 0.717) is 11.5 Å². The monoisotopic (exact) mass is 341 g/mol. The molecule has 2 bridgehead atoms. The van der Waals surface area contributed by atoms with Crippen molar-refractivity contribution in [1.29, 1.82) is 0 Å². The predicted molar refractivity (Wildman–Crippen MR) is 91.9 cm³/mol. The van der Waals surface area contributed by atoms with Crippen molar-refractivity contribution in [1.82, 2.24) is 14.7 Å². The number of hydrogen-bond acceptors (Lipinski definition) is 5. The van der Waals surface area contributed by atoms with Crippen LogP contribution in [-0.4, -0.2) is 58.1 Å². The molecule has 1 N–H and O–H groups in total. The second-order valence-corrected chi connectivity index (χ2v) is 6.92. The molecule has 132 valence electrons. The Hall–Kier alpha value is -2.18. The zero-order valence-corrected chi connectivity index (χ0v) is 14.1. The number of aromatic nitrogens is 2. The SMILES string of the molecule is O=C(OC1CN2CCC1CC2)C(CO)(c1ccccc1)n1cccn1. The largest absolute Gasteiger partial charge is 0.459 e. The Kier molecular flexibility index (Phi) is 4.31. The third-order valence-electron chi connectivity index (χ3n) is 5.57. The fourth-order valence-corrected chi connectivity index (χ4v) is 4.06. The molecular formula is C19H23N3O3. The van der Waals surface area contributed by atoms with Gasteiger partial charge in [0.1, 0.15) is 6.10 Å². The summed E-state index contributed by atoms with van der Waals surface area (Å²) >= 11 is 0. The fourth-order valence-electron chi connectivity index (χ4n) is 4.06. The van der Waals surface area contributed by atoms with Crippen LogP contribution in [0.1, 0.15) is 18.4 Å². The van der Waals surface area contributed by atoms with Crippen molar-refractivity contribution in [2.24, 2.45) is 5.92 Å². The average molecular weight is 341 g/mol. The Bertz CT molecular complexity index is 711. The second kappa shape index (κ2) is 6.61. The predicted octanol–water partition coefficient (Wildman–Crippen LogP) is 1.26. The minimum absolute atomic E-state index is 0.111. The smallest absolute Gasteiger partial charge is 0.341 e. The first-order valence-electron chi connectivity index (χ1n) is 8.84. The van der Waals surface area contributed by atoms with Crippen LogP contribution in [0.5, 0.6) is 0 Å². The van der Waals surface area contributed by atoms with Crippen molar-refractivity contribution >= 4 is 5.97 Å². The number of hydrogen-bond donors (Lipinski definition) is 1. The molecule has 2 unspecified atom stereocenters. The maximum atomic E-state index is 13.3. The highest BCUT2D eigenvalue weighted by atomic mass is 16.5.